The highest BCUT2D eigenvalue weighted by Gasteiger charge is 2.09. The Bertz CT molecular complexity index is 656. The number of anilines is 1. The van der Waals surface area contributed by atoms with Crippen LogP contribution in [0.1, 0.15) is 22.8 Å². The van der Waals surface area contributed by atoms with Crippen molar-refractivity contribution in [2.24, 2.45) is 0 Å². The fourth-order valence-corrected chi connectivity index (χ4v) is 1.89. The predicted octanol–water partition coefficient (Wildman–Crippen LogP) is 2.48. The van der Waals surface area contributed by atoms with Crippen LogP contribution in [0.4, 0.5) is 5.82 Å². The molecular weight excluding hydrogens is 286 g/mol. The summed E-state index contributed by atoms with van der Waals surface area (Å²) in [5.74, 6) is -0.156. The van der Waals surface area contributed by atoms with Gasteiger partial charge in [0.15, 0.2) is 16.7 Å². The minimum absolute atomic E-state index is 0.0404. The van der Waals surface area contributed by atoms with E-state index < -0.39 is 0 Å². The maximum absolute atomic E-state index is 12.0. The van der Waals surface area contributed by atoms with Crippen molar-refractivity contribution in [3.63, 3.8) is 0 Å². The summed E-state index contributed by atoms with van der Waals surface area (Å²) in [5.41, 5.74) is 1.67. The van der Waals surface area contributed by atoms with Gasteiger partial charge in [0.2, 0.25) is 0 Å². The molecule has 1 aromatic carbocycles. The van der Waals surface area contributed by atoms with Gasteiger partial charge in [-0.1, -0.05) is 19.1 Å². The lowest BCUT2D eigenvalue weighted by molar-refractivity contribution is 0.0977. The van der Waals surface area contributed by atoms with E-state index >= 15 is 0 Å². The largest absolute Gasteiger partial charge is 0.504 e. The number of pyridine rings is 1. The Morgan fingerprint density at radius 1 is 1.29 bits per heavy atom. The van der Waals surface area contributed by atoms with Crippen molar-refractivity contribution in [1.82, 2.24) is 10.3 Å². The number of aromatic nitrogens is 1. The predicted molar refractivity (Wildman–Crippen MR) is 85.4 cm³/mol. The fraction of sp³-hybridized carbons (Fsp3) is 0.133. The number of rotatable bonds is 3. The van der Waals surface area contributed by atoms with E-state index in [0.29, 0.717) is 5.56 Å². The molecule has 108 valence electrons. The Morgan fingerprint density at radius 2 is 2.00 bits per heavy atom. The third-order valence-corrected chi connectivity index (χ3v) is 3.07. The minimum Gasteiger partial charge on any atom is -0.504 e. The van der Waals surface area contributed by atoms with E-state index in [2.05, 4.69) is 15.6 Å². The maximum Gasteiger partial charge on any atom is 0.257 e. The average Bonchev–Trinajstić information content (AvgIpc) is 2.49. The molecule has 0 aliphatic carbocycles. The quantitative estimate of drug-likeness (QED) is 0.760. The zero-order valence-electron chi connectivity index (χ0n) is 11.5. The summed E-state index contributed by atoms with van der Waals surface area (Å²) in [5, 5.41) is 14.9. The van der Waals surface area contributed by atoms with Crippen LogP contribution in [0.3, 0.4) is 0 Å². The van der Waals surface area contributed by atoms with Crippen LogP contribution in [0.15, 0.2) is 42.6 Å². The van der Waals surface area contributed by atoms with Crippen LogP contribution in [-0.4, -0.2) is 21.1 Å². The molecule has 0 saturated heterocycles. The third-order valence-electron chi connectivity index (χ3n) is 2.87. The van der Waals surface area contributed by atoms with E-state index in [9.17, 15) is 9.90 Å². The smallest absolute Gasteiger partial charge is 0.257 e. The number of aromatic hydroxyl groups is 1. The molecule has 0 atom stereocenters. The summed E-state index contributed by atoms with van der Waals surface area (Å²) >= 11 is 5.03. The van der Waals surface area contributed by atoms with Gasteiger partial charge in [0.25, 0.3) is 5.91 Å². The second-order valence-corrected chi connectivity index (χ2v) is 4.74. The zero-order valence-corrected chi connectivity index (χ0v) is 12.3. The number of nitrogens with zero attached hydrogens (tertiary/aromatic N) is 1. The molecule has 5 nitrogen and oxygen atoms in total. The van der Waals surface area contributed by atoms with Gasteiger partial charge >= 0.3 is 0 Å². The van der Waals surface area contributed by atoms with Gasteiger partial charge in [0.1, 0.15) is 0 Å². The van der Waals surface area contributed by atoms with Crippen LogP contribution in [0.25, 0.3) is 0 Å². The molecule has 2 aromatic rings. The number of thiocarbonyl (C=S) groups is 1. The fourth-order valence-electron chi connectivity index (χ4n) is 1.70. The van der Waals surface area contributed by atoms with Crippen molar-refractivity contribution in [3.05, 3.63) is 53.7 Å². The van der Waals surface area contributed by atoms with Crippen molar-refractivity contribution in [1.29, 1.82) is 0 Å². The molecule has 2 rings (SSSR count). The van der Waals surface area contributed by atoms with Crippen molar-refractivity contribution >= 4 is 29.1 Å². The molecule has 3 N–H and O–H groups in total. The van der Waals surface area contributed by atoms with Crippen molar-refractivity contribution in [2.75, 3.05) is 5.32 Å². The molecule has 0 fully saturated rings. The highest BCUT2D eigenvalue weighted by molar-refractivity contribution is 7.80. The number of carbonyl (C=O) groups excluding carboxylic acids is 1. The second-order valence-electron chi connectivity index (χ2n) is 4.33. The van der Waals surface area contributed by atoms with Crippen LogP contribution >= 0.6 is 12.2 Å². The molecular formula is C15H15N3O2S. The first-order chi connectivity index (χ1) is 10.1. The van der Waals surface area contributed by atoms with Crippen LogP contribution in [0.5, 0.6) is 5.75 Å². The average molecular weight is 301 g/mol. The molecule has 1 aromatic heterocycles. The van der Waals surface area contributed by atoms with Crippen LogP contribution in [0, 0.1) is 0 Å². The zero-order chi connectivity index (χ0) is 15.2. The monoisotopic (exact) mass is 301 g/mol. The normalized spacial score (nSPS) is 9.95. The number of carbonyl (C=O) groups is 1. The van der Waals surface area contributed by atoms with Gasteiger partial charge < -0.3 is 10.4 Å². The van der Waals surface area contributed by atoms with Crippen molar-refractivity contribution < 1.29 is 9.90 Å². The van der Waals surface area contributed by atoms with Gasteiger partial charge in [-0.2, -0.15) is 0 Å². The van der Waals surface area contributed by atoms with E-state index in [1.807, 2.05) is 19.1 Å². The summed E-state index contributed by atoms with van der Waals surface area (Å²) in [7, 11) is 0. The minimum atomic E-state index is -0.314. The van der Waals surface area contributed by atoms with E-state index in [1.54, 1.807) is 18.2 Å². The Balaban J connectivity index is 1.98. The van der Waals surface area contributed by atoms with Gasteiger partial charge in [-0.3, -0.25) is 10.1 Å². The van der Waals surface area contributed by atoms with E-state index in [1.165, 1.54) is 12.3 Å². The number of benzene rings is 1. The number of amides is 1. The number of hydrogen-bond acceptors (Lipinski definition) is 4. The Labute approximate surface area is 128 Å². The van der Waals surface area contributed by atoms with Crippen LogP contribution in [-0.2, 0) is 6.42 Å². The second kappa shape index (κ2) is 6.81. The molecule has 1 heterocycles. The SMILES string of the molecule is CCc1ccc(C(=O)NC(=S)Nc2ncccc2O)cc1. The molecule has 0 radical (unpaired) electrons. The van der Waals surface area contributed by atoms with Crippen molar-refractivity contribution in [2.45, 2.75) is 13.3 Å². The summed E-state index contributed by atoms with van der Waals surface area (Å²) in [4.78, 5) is 15.9. The number of aryl methyl sites for hydroxylation is 1. The molecule has 6 heteroatoms. The molecule has 0 aliphatic heterocycles. The summed E-state index contributed by atoms with van der Waals surface area (Å²) in [6.07, 6.45) is 2.43. The Hall–Kier alpha value is -2.47. The van der Waals surface area contributed by atoms with Crippen molar-refractivity contribution in [3.8, 4) is 5.75 Å². The highest BCUT2D eigenvalue weighted by atomic mass is 32.1. The lowest BCUT2D eigenvalue weighted by Gasteiger charge is -2.10. The van der Waals surface area contributed by atoms with E-state index in [-0.39, 0.29) is 22.6 Å². The summed E-state index contributed by atoms with van der Waals surface area (Å²) < 4.78 is 0. The molecule has 0 unspecified atom stereocenters. The standard InChI is InChI=1S/C15H15N3O2S/c1-2-10-5-7-11(8-6-10)14(20)18-15(21)17-13-12(19)4-3-9-16-13/h3-9,19H,2H2,1H3,(H2,16,17,18,20,21). The van der Waals surface area contributed by atoms with Gasteiger partial charge in [-0.05, 0) is 48.5 Å². The first-order valence-electron chi connectivity index (χ1n) is 6.45. The van der Waals surface area contributed by atoms with Gasteiger partial charge in [0.05, 0.1) is 0 Å². The molecule has 0 aliphatic rings. The summed E-state index contributed by atoms with van der Waals surface area (Å²) in [6.45, 7) is 2.05. The maximum atomic E-state index is 12.0. The molecule has 0 spiro atoms. The van der Waals surface area contributed by atoms with Gasteiger partial charge in [-0.15, -0.1) is 0 Å². The van der Waals surface area contributed by atoms with Gasteiger partial charge in [0, 0.05) is 11.8 Å². The molecule has 21 heavy (non-hydrogen) atoms. The third kappa shape index (κ3) is 4.00. The van der Waals surface area contributed by atoms with Crippen LogP contribution < -0.4 is 10.6 Å². The first-order valence-corrected chi connectivity index (χ1v) is 6.86. The molecule has 1 amide bonds. The first kappa shape index (κ1) is 14.9. The number of nitrogens with one attached hydrogen (secondary N) is 2. The number of hydrogen-bond donors (Lipinski definition) is 3. The lowest BCUT2D eigenvalue weighted by atomic mass is 10.1. The Kier molecular flexibility index (Phi) is 4.84. The molecule has 0 bridgehead atoms. The molecule has 0 saturated carbocycles. The topological polar surface area (TPSA) is 74.2 Å². The van der Waals surface area contributed by atoms with Gasteiger partial charge in [-0.25, -0.2) is 4.98 Å². The Morgan fingerprint density at radius 3 is 2.62 bits per heavy atom. The highest BCUT2D eigenvalue weighted by Crippen LogP contribution is 2.17. The summed E-state index contributed by atoms with van der Waals surface area (Å²) in [6, 6.07) is 10.4. The van der Waals surface area contributed by atoms with E-state index in [0.717, 1.165) is 12.0 Å². The van der Waals surface area contributed by atoms with Crippen LogP contribution in [0.2, 0.25) is 0 Å². The lowest BCUT2D eigenvalue weighted by Crippen LogP contribution is -2.34. The van der Waals surface area contributed by atoms with E-state index in [4.69, 9.17) is 12.2 Å².